The van der Waals surface area contributed by atoms with Crippen LogP contribution >= 0.6 is 0 Å². The van der Waals surface area contributed by atoms with Crippen LogP contribution in [0.5, 0.6) is 5.75 Å². The van der Waals surface area contributed by atoms with E-state index in [1.807, 2.05) is 38.1 Å². The van der Waals surface area contributed by atoms with Crippen LogP contribution in [0.25, 0.3) is 5.69 Å². The second-order valence-electron chi connectivity index (χ2n) is 6.62. The summed E-state index contributed by atoms with van der Waals surface area (Å²) < 4.78 is 7.27. The number of rotatable bonds is 8. The van der Waals surface area contributed by atoms with Gasteiger partial charge in [-0.3, -0.25) is 14.9 Å². The number of nitro benzene ring substituents is 1. The van der Waals surface area contributed by atoms with Crippen LogP contribution in [0.15, 0.2) is 54.6 Å². The standard InChI is InChI=1S/C21H22N4O4/c1-15-6-3-4-7-19(15)29-13-5-8-21(26)22-20-14-16(2)23-24(20)17-9-11-18(12-10-17)25(27)28/h3-4,6-7,9-12,14H,5,8,13H2,1-2H3,(H,22,26). The molecule has 1 N–H and O–H groups in total. The first kappa shape index (κ1) is 20.1. The van der Waals surface area contributed by atoms with Crippen molar-refractivity contribution in [3.05, 3.63) is 76.0 Å². The Labute approximate surface area is 168 Å². The number of anilines is 1. The average molecular weight is 394 g/mol. The number of carbonyl (C=O) groups excluding carboxylic acids is 1. The van der Waals surface area contributed by atoms with E-state index in [0.29, 0.717) is 31.0 Å². The summed E-state index contributed by atoms with van der Waals surface area (Å²) in [6.07, 6.45) is 0.876. The fourth-order valence-corrected chi connectivity index (χ4v) is 2.84. The highest BCUT2D eigenvalue weighted by Crippen LogP contribution is 2.20. The number of hydrogen-bond acceptors (Lipinski definition) is 5. The Balaban J connectivity index is 1.58. The molecule has 0 aliphatic carbocycles. The summed E-state index contributed by atoms with van der Waals surface area (Å²) in [5.41, 5.74) is 2.40. The maximum Gasteiger partial charge on any atom is 0.269 e. The lowest BCUT2D eigenvalue weighted by Crippen LogP contribution is -2.15. The number of non-ortho nitro benzene ring substituents is 1. The molecule has 0 atom stereocenters. The molecule has 0 spiro atoms. The van der Waals surface area contributed by atoms with Gasteiger partial charge in [0.05, 0.1) is 22.9 Å². The van der Waals surface area contributed by atoms with Crippen molar-refractivity contribution < 1.29 is 14.5 Å². The Morgan fingerprint density at radius 3 is 2.59 bits per heavy atom. The molecule has 0 bridgehead atoms. The van der Waals surface area contributed by atoms with E-state index < -0.39 is 4.92 Å². The first-order valence-electron chi connectivity index (χ1n) is 9.24. The van der Waals surface area contributed by atoms with E-state index in [1.165, 1.54) is 12.1 Å². The van der Waals surface area contributed by atoms with E-state index >= 15 is 0 Å². The maximum absolute atomic E-state index is 12.3. The molecule has 0 radical (unpaired) electrons. The van der Waals surface area contributed by atoms with Gasteiger partial charge in [0.2, 0.25) is 5.91 Å². The van der Waals surface area contributed by atoms with Gasteiger partial charge in [-0.25, -0.2) is 4.68 Å². The number of nitro groups is 1. The van der Waals surface area contributed by atoms with Crippen LogP contribution in [0, 0.1) is 24.0 Å². The number of amides is 1. The monoisotopic (exact) mass is 394 g/mol. The predicted octanol–water partition coefficient (Wildman–Crippen LogP) is 4.20. The molecule has 1 amide bonds. The number of ether oxygens (including phenoxy) is 1. The molecular formula is C21H22N4O4. The highest BCUT2D eigenvalue weighted by molar-refractivity contribution is 5.90. The van der Waals surface area contributed by atoms with E-state index in [1.54, 1.807) is 22.9 Å². The van der Waals surface area contributed by atoms with Crippen LogP contribution in [-0.2, 0) is 4.79 Å². The van der Waals surface area contributed by atoms with E-state index in [2.05, 4.69) is 10.4 Å². The molecule has 0 aliphatic rings. The van der Waals surface area contributed by atoms with Crippen LogP contribution in [0.3, 0.4) is 0 Å². The Kier molecular flexibility index (Phi) is 6.23. The van der Waals surface area contributed by atoms with Crippen molar-refractivity contribution in [1.29, 1.82) is 0 Å². The summed E-state index contributed by atoms with van der Waals surface area (Å²) in [6.45, 7) is 4.23. The van der Waals surface area contributed by atoms with E-state index in [0.717, 1.165) is 17.0 Å². The fraction of sp³-hybridized carbons (Fsp3) is 0.238. The molecule has 29 heavy (non-hydrogen) atoms. The lowest BCUT2D eigenvalue weighted by atomic mass is 10.2. The smallest absolute Gasteiger partial charge is 0.269 e. The van der Waals surface area contributed by atoms with Gasteiger partial charge in [-0.2, -0.15) is 5.10 Å². The summed E-state index contributed by atoms with van der Waals surface area (Å²) in [7, 11) is 0. The summed E-state index contributed by atoms with van der Waals surface area (Å²) in [6, 6.07) is 15.5. The average Bonchev–Trinajstić information content (AvgIpc) is 3.06. The molecule has 1 heterocycles. The van der Waals surface area contributed by atoms with Crippen molar-refractivity contribution in [3.63, 3.8) is 0 Å². The molecule has 3 rings (SSSR count). The van der Waals surface area contributed by atoms with Crippen LogP contribution in [0.2, 0.25) is 0 Å². The third kappa shape index (κ3) is 5.19. The SMILES string of the molecule is Cc1cc(NC(=O)CCCOc2ccccc2C)n(-c2ccc([N+](=O)[O-])cc2)n1. The molecule has 3 aromatic rings. The van der Waals surface area contributed by atoms with Crippen molar-refractivity contribution >= 4 is 17.4 Å². The minimum atomic E-state index is -0.459. The topological polar surface area (TPSA) is 99.3 Å². The zero-order valence-corrected chi connectivity index (χ0v) is 16.3. The number of nitrogens with zero attached hydrogens (tertiary/aromatic N) is 3. The normalized spacial score (nSPS) is 10.6. The molecule has 150 valence electrons. The highest BCUT2D eigenvalue weighted by Gasteiger charge is 2.12. The number of aryl methyl sites for hydroxylation is 2. The van der Waals surface area contributed by atoms with Gasteiger partial charge in [0.15, 0.2) is 0 Å². The van der Waals surface area contributed by atoms with Crippen LogP contribution in [-0.4, -0.2) is 27.2 Å². The summed E-state index contributed by atoms with van der Waals surface area (Å²) in [4.78, 5) is 22.7. The van der Waals surface area contributed by atoms with Gasteiger partial charge in [0.1, 0.15) is 11.6 Å². The lowest BCUT2D eigenvalue weighted by molar-refractivity contribution is -0.384. The van der Waals surface area contributed by atoms with E-state index in [9.17, 15) is 14.9 Å². The van der Waals surface area contributed by atoms with E-state index in [-0.39, 0.29) is 11.6 Å². The summed E-state index contributed by atoms with van der Waals surface area (Å²) in [5, 5.41) is 18.0. The quantitative estimate of drug-likeness (QED) is 0.351. The third-order valence-corrected chi connectivity index (χ3v) is 4.30. The Morgan fingerprint density at radius 2 is 1.90 bits per heavy atom. The predicted molar refractivity (Wildman–Crippen MR) is 109 cm³/mol. The van der Waals surface area contributed by atoms with Crippen molar-refractivity contribution in [2.75, 3.05) is 11.9 Å². The zero-order valence-electron chi connectivity index (χ0n) is 16.3. The first-order chi connectivity index (χ1) is 13.9. The van der Waals surface area contributed by atoms with Gasteiger partial charge in [0, 0.05) is 24.6 Å². The van der Waals surface area contributed by atoms with Gasteiger partial charge in [-0.1, -0.05) is 18.2 Å². The molecule has 0 saturated carbocycles. The number of carbonyl (C=O) groups is 1. The van der Waals surface area contributed by atoms with E-state index in [4.69, 9.17) is 4.74 Å². The largest absolute Gasteiger partial charge is 0.493 e. The second kappa shape index (κ2) is 9.01. The molecule has 0 fully saturated rings. The number of aromatic nitrogens is 2. The highest BCUT2D eigenvalue weighted by atomic mass is 16.6. The summed E-state index contributed by atoms with van der Waals surface area (Å²) >= 11 is 0. The summed E-state index contributed by atoms with van der Waals surface area (Å²) in [5.74, 6) is 1.18. The Hall–Kier alpha value is -3.68. The number of para-hydroxylation sites is 1. The number of hydrogen-bond donors (Lipinski definition) is 1. The number of nitrogens with one attached hydrogen (secondary N) is 1. The van der Waals surface area contributed by atoms with Crippen molar-refractivity contribution in [2.24, 2.45) is 0 Å². The molecule has 2 aromatic carbocycles. The Morgan fingerprint density at radius 1 is 1.17 bits per heavy atom. The zero-order chi connectivity index (χ0) is 20.8. The second-order valence-corrected chi connectivity index (χ2v) is 6.62. The van der Waals surface area contributed by atoms with Gasteiger partial charge < -0.3 is 10.1 Å². The minimum Gasteiger partial charge on any atom is -0.493 e. The van der Waals surface area contributed by atoms with Crippen molar-refractivity contribution in [3.8, 4) is 11.4 Å². The minimum absolute atomic E-state index is 0.00290. The van der Waals surface area contributed by atoms with Crippen LogP contribution < -0.4 is 10.1 Å². The van der Waals surface area contributed by atoms with Crippen molar-refractivity contribution in [2.45, 2.75) is 26.7 Å². The van der Waals surface area contributed by atoms with Crippen molar-refractivity contribution in [1.82, 2.24) is 9.78 Å². The van der Waals surface area contributed by atoms with Gasteiger partial charge in [0.25, 0.3) is 5.69 Å². The molecule has 1 aromatic heterocycles. The molecule has 0 saturated heterocycles. The van der Waals surface area contributed by atoms with Gasteiger partial charge in [-0.15, -0.1) is 0 Å². The fourth-order valence-electron chi connectivity index (χ4n) is 2.84. The first-order valence-corrected chi connectivity index (χ1v) is 9.24. The molecular weight excluding hydrogens is 372 g/mol. The molecule has 0 unspecified atom stereocenters. The molecule has 0 aliphatic heterocycles. The Bertz CT molecular complexity index is 1010. The van der Waals surface area contributed by atoms with Crippen LogP contribution in [0.1, 0.15) is 24.1 Å². The molecule has 8 heteroatoms. The van der Waals surface area contributed by atoms with Gasteiger partial charge in [-0.05, 0) is 44.0 Å². The maximum atomic E-state index is 12.3. The third-order valence-electron chi connectivity index (χ3n) is 4.30. The molecule has 8 nitrogen and oxygen atoms in total. The van der Waals surface area contributed by atoms with Gasteiger partial charge >= 0.3 is 0 Å². The van der Waals surface area contributed by atoms with Crippen LogP contribution in [0.4, 0.5) is 11.5 Å². The number of benzene rings is 2. The lowest BCUT2D eigenvalue weighted by Gasteiger charge is -2.10.